The van der Waals surface area contributed by atoms with Gasteiger partial charge in [0, 0.05) is 11.5 Å². The standard InChI is InChI=1S/C11H13N5O/c1-8(2)10-12-14-15-16(10)11(13-17)9-6-4-3-5-7-9/h3-8,17H,1-2H3/b13-11-. The number of hydrogen-bond donors (Lipinski definition) is 1. The molecule has 0 saturated heterocycles. The van der Waals surface area contributed by atoms with Crippen LogP contribution in [0.4, 0.5) is 0 Å². The van der Waals surface area contributed by atoms with Gasteiger partial charge in [0.15, 0.2) is 5.82 Å². The summed E-state index contributed by atoms with van der Waals surface area (Å²) >= 11 is 0. The molecular formula is C11H13N5O. The molecule has 0 radical (unpaired) electrons. The minimum Gasteiger partial charge on any atom is -0.409 e. The Morgan fingerprint density at radius 3 is 2.59 bits per heavy atom. The van der Waals surface area contributed by atoms with Crippen molar-refractivity contribution in [2.45, 2.75) is 19.8 Å². The normalized spacial score (nSPS) is 12.1. The van der Waals surface area contributed by atoms with Gasteiger partial charge in [0.05, 0.1) is 0 Å². The lowest BCUT2D eigenvalue weighted by atomic mass is 10.2. The topological polar surface area (TPSA) is 76.2 Å². The molecule has 1 N–H and O–H groups in total. The quantitative estimate of drug-likeness (QED) is 0.367. The minimum absolute atomic E-state index is 0.144. The average molecular weight is 231 g/mol. The van der Waals surface area contributed by atoms with Crippen LogP contribution in [0.5, 0.6) is 0 Å². The highest BCUT2D eigenvalue weighted by Gasteiger charge is 2.16. The van der Waals surface area contributed by atoms with Gasteiger partial charge in [-0.3, -0.25) is 0 Å². The van der Waals surface area contributed by atoms with Crippen LogP contribution in [0.2, 0.25) is 0 Å². The van der Waals surface area contributed by atoms with Crippen LogP contribution in [0.15, 0.2) is 35.5 Å². The van der Waals surface area contributed by atoms with E-state index in [9.17, 15) is 0 Å². The Morgan fingerprint density at radius 1 is 1.29 bits per heavy atom. The maximum absolute atomic E-state index is 9.13. The average Bonchev–Trinajstić information content (AvgIpc) is 2.81. The van der Waals surface area contributed by atoms with Crippen molar-refractivity contribution in [3.05, 3.63) is 41.7 Å². The summed E-state index contributed by atoms with van der Waals surface area (Å²) in [4.78, 5) is 0. The number of aromatic nitrogens is 4. The Kier molecular flexibility index (Phi) is 3.13. The molecule has 17 heavy (non-hydrogen) atoms. The van der Waals surface area contributed by atoms with Crippen molar-refractivity contribution in [3.8, 4) is 0 Å². The molecule has 0 fully saturated rings. The van der Waals surface area contributed by atoms with Gasteiger partial charge >= 0.3 is 0 Å². The van der Waals surface area contributed by atoms with Crippen molar-refractivity contribution in [2.75, 3.05) is 0 Å². The van der Waals surface area contributed by atoms with E-state index in [1.165, 1.54) is 4.68 Å². The number of tetrazole rings is 1. The second-order valence-corrected chi connectivity index (χ2v) is 3.89. The smallest absolute Gasteiger partial charge is 0.203 e. The Balaban J connectivity index is 2.48. The summed E-state index contributed by atoms with van der Waals surface area (Å²) in [7, 11) is 0. The molecule has 0 amide bonds. The van der Waals surface area contributed by atoms with E-state index in [0.29, 0.717) is 11.7 Å². The monoisotopic (exact) mass is 231 g/mol. The highest BCUT2D eigenvalue weighted by Crippen LogP contribution is 2.11. The SMILES string of the molecule is CC(C)c1nnnn1/C(=N\O)c1ccccc1. The number of nitrogens with zero attached hydrogens (tertiary/aromatic N) is 5. The second-order valence-electron chi connectivity index (χ2n) is 3.89. The molecular weight excluding hydrogens is 218 g/mol. The molecule has 6 heteroatoms. The fourth-order valence-electron chi connectivity index (χ4n) is 1.51. The van der Waals surface area contributed by atoms with Gasteiger partial charge in [0.2, 0.25) is 5.84 Å². The van der Waals surface area contributed by atoms with Gasteiger partial charge in [0.1, 0.15) is 0 Å². The van der Waals surface area contributed by atoms with E-state index in [1.807, 2.05) is 44.2 Å². The summed E-state index contributed by atoms with van der Waals surface area (Å²) in [6, 6.07) is 9.28. The van der Waals surface area contributed by atoms with Crippen molar-refractivity contribution < 1.29 is 5.21 Å². The Bertz CT molecular complexity index is 518. The molecule has 0 atom stereocenters. The van der Waals surface area contributed by atoms with Crippen LogP contribution in [0, 0.1) is 0 Å². The van der Waals surface area contributed by atoms with Gasteiger partial charge in [-0.05, 0) is 10.4 Å². The number of benzene rings is 1. The van der Waals surface area contributed by atoms with Gasteiger partial charge in [-0.1, -0.05) is 49.3 Å². The Labute approximate surface area is 98.6 Å². The molecule has 1 heterocycles. The first-order chi connectivity index (χ1) is 8.24. The van der Waals surface area contributed by atoms with Crippen LogP contribution in [-0.4, -0.2) is 31.3 Å². The lowest BCUT2D eigenvalue weighted by molar-refractivity contribution is 0.316. The third-order valence-corrected chi connectivity index (χ3v) is 2.34. The van der Waals surface area contributed by atoms with Gasteiger partial charge in [-0.15, -0.1) is 5.10 Å². The van der Waals surface area contributed by atoms with Crippen LogP contribution in [0.1, 0.15) is 31.2 Å². The van der Waals surface area contributed by atoms with Crippen LogP contribution < -0.4 is 0 Å². The fraction of sp³-hybridized carbons (Fsp3) is 0.273. The van der Waals surface area contributed by atoms with E-state index in [4.69, 9.17) is 5.21 Å². The molecule has 0 aliphatic carbocycles. The highest BCUT2D eigenvalue weighted by molar-refractivity contribution is 5.99. The summed E-state index contributed by atoms with van der Waals surface area (Å²) in [5, 5.41) is 23.8. The molecule has 88 valence electrons. The first-order valence-corrected chi connectivity index (χ1v) is 5.30. The minimum atomic E-state index is 0.144. The van der Waals surface area contributed by atoms with Gasteiger partial charge in [-0.2, -0.15) is 4.68 Å². The molecule has 0 aliphatic rings. The Morgan fingerprint density at radius 2 is 2.00 bits per heavy atom. The van der Waals surface area contributed by atoms with Crippen LogP contribution in [-0.2, 0) is 0 Å². The van der Waals surface area contributed by atoms with Crippen molar-refractivity contribution >= 4 is 5.84 Å². The van der Waals surface area contributed by atoms with Crippen molar-refractivity contribution in [3.63, 3.8) is 0 Å². The number of oxime groups is 1. The summed E-state index contributed by atoms with van der Waals surface area (Å²) in [6.07, 6.45) is 0. The summed E-state index contributed by atoms with van der Waals surface area (Å²) in [6.45, 7) is 3.95. The van der Waals surface area contributed by atoms with Crippen LogP contribution >= 0.6 is 0 Å². The predicted molar refractivity (Wildman–Crippen MR) is 62.1 cm³/mol. The zero-order chi connectivity index (χ0) is 12.3. The lowest BCUT2D eigenvalue weighted by Crippen LogP contribution is -2.19. The molecule has 1 aromatic carbocycles. The summed E-state index contributed by atoms with van der Waals surface area (Å²) in [5.41, 5.74) is 0.754. The zero-order valence-corrected chi connectivity index (χ0v) is 9.65. The molecule has 0 aliphatic heterocycles. The van der Waals surface area contributed by atoms with Gasteiger partial charge in [0.25, 0.3) is 0 Å². The molecule has 0 saturated carbocycles. The van der Waals surface area contributed by atoms with Gasteiger partial charge in [-0.25, -0.2) is 0 Å². The first kappa shape index (κ1) is 11.3. The van der Waals surface area contributed by atoms with Crippen molar-refractivity contribution in [2.24, 2.45) is 5.16 Å². The first-order valence-electron chi connectivity index (χ1n) is 5.30. The molecule has 0 spiro atoms. The van der Waals surface area contributed by atoms with E-state index in [0.717, 1.165) is 5.56 Å². The third-order valence-electron chi connectivity index (χ3n) is 2.34. The van der Waals surface area contributed by atoms with E-state index >= 15 is 0 Å². The number of rotatable bonds is 2. The maximum atomic E-state index is 9.13. The van der Waals surface area contributed by atoms with Gasteiger partial charge < -0.3 is 5.21 Å². The van der Waals surface area contributed by atoms with E-state index in [-0.39, 0.29) is 5.92 Å². The summed E-state index contributed by atoms with van der Waals surface area (Å²) < 4.78 is 1.44. The predicted octanol–water partition coefficient (Wildman–Crippen LogP) is 1.48. The van der Waals surface area contributed by atoms with Crippen molar-refractivity contribution in [1.82, 2.24) is 20.2 Å². The molecule has 1 aromatic heterocycles. The fourth-order valence-corrected chi connectivity index (χ4v) is 1.51. The molecule has 6 nitrogen and oxygen atoms in total. The van der Waals surface area contributed by atoms with E-state index in [1.54, 1.807) is 0 Å². The molecule has 2 rings (SSSR count). The lowest BCUT2D eigenvalue weighted by Gasteiger charge is -2.08. The highest BCUT2D eigenvalue weighted by atomic mass is 16.4. The largest absolute Gasteiger partial charge is 0.409 e. The molecule has 0 unspecified atom stereocenters. The van der Waals surface area contributed by atoms with Crippen LogP contribution in [0.3, 0.4) is 0 Å². The maximum Gasteiger partial charge on any atom is 0.203 e. The van der Waals surface area contributed by atoms with Crippen molar-refractivity contribution in [1.29, 1.82) is 0 Å². The second kappa shape index (κ2) is 4.73. The molecule has 2 aromatic rings. The van der Waals surface area contributed by atoms with Crippen LogP contribution in [0.25, 0.3) is 0 Å². The van der Waals surface area contributed by atoms with E-state index < -0.39 is 0 Å². The third kappa shape index (κ3) is 2.15. The number of hydrogen-bond acceptors (Lipinski definition) is 5. The summed E-state index contributed by atoms with van der Waals surface area (Å²) in [5.74, 6) is 1.12. The van der Waals surface area contributed by atoms with E-state index in [2.05, 4.69) is 20.7 Å². The zero-order valence-electron chi connectivity index (χ0n) is 9.65. The Hall–Kier alpha value is -2.24. The molecule has 0 bridgehead atoms.